The van der Waals surface area contributed by atoms with Crippen molar-refractivity contribution in [3.8, 4) is 17.0 Å². The minimum absolute atomic E-state index is 0.0565. The standard InChI is InChI=1S/C25H28N8O5/c26-20(34)15-32-14-17(12-22(32)35)38-25(36)31-10-8-30(9-11-31)21-5-7-33-23(29-21)19(13-28-33)18-2-1-6-27-24(18)37-16-3-4-16/h1-2,5-7,13,16-17H,3-4,8-12,14-15H2,(H2,26,34)/t17-/m1/s1. The summed E-state index contributed by atoms with van der Waals surface area (Å²) in [4.78, 5) is 50.2. The summed E-state index contributed by atoms with van der Waals surface area (Å²) in [6, 6.07) is 5.74. The van der Waals surface area contributed by atoms with Gasteiger partial charge >= 0.3 is 6.09 Å². The van der Waals surface area contributed by atoms with Gasteiger partial charge in [0.1, 0.15) is 18.0 Å². The zero-order valence-electron chi connectivity index (χ0n) is 20.7. The number of amides is 3. The van der Waals surface area contributed by atoms with Gasteiger partial charge in [0, 0.05) is 44.1 Å². The molecule has 13 nitrogen and oxygen atoms in total. The molecule has 3 amide bonds. The number of ether oxygens (including phenoxy) is 2. The number of likely N-dealkylation sites (tertiary alicyclic amines) is 1. The molecule has 2 N–H and O–H groups in total. The summed E-state index contributed by atoms with van der Waals surface area (Å²) in [5.74, 6) is 0.531. The van der Waals surface area contributed by atoms with Crippen LogP contribution in [0.25, 0.3) is 16.8 Å². The summed E-state index contributed by atoms with van der Waals surface area (Å²) in [5, 5.41) is 4.46. The minimum atomic E-state index is -0.594. The molecule has 3 aromatic rings. The molecule has 0 bridgehead atoms. The first-order chi connectivity index (χ1) is 18.4. The molecule has 3 aromatic heterocycles. The van der Waals surface area contributed by atoms with Gasteiger partial charge in [0.2, 0.25) is 17.7 Å². The zero-order valence-corrected chi connectivity index (χ0v) is 20.7. The summed E-state index contributed by atoms with van der Waals surface area (Å²) < 4.78 is 13.3. The largest absolute Gasteiger partial charge is 0.474 e. The Morgan fingerprint density at radius 1 is 1.08 bits per heavy atom. The van der Waals surface area contributed by atoms with Crippen LogP contribution in [0.5, 0.6) is 5.88 Å². The number of pyridine rings is 1. The predicted molar refractivity (Wildman–Crippen MR) is 134 cm³/mol. The number of fused-ring (bicyclic) bond motifs is 1. The van der Waals surface area contributed by atoms with Crippen molar-refractivity contribution in [2.45, 2.75) is 31.5 Å². The van der Waals surface area contributed by atoms with Crippen LogP contribution in [0.4, 0.5) is 10.6 Å². The lowest BCUT2D eigenvalue weighted by Gasteiger charge is -2.35. The summed E-state index contributed by atoms with van der Waals surface area (Å²) >= 11 is 0. The van der Waals surface area contributed by atoms with Gasteiger partial charge in [-0.05, 0) is 31.0 Å². The van der Waals surface area contributed by atoms with Gasteiger partial charge in [-0.25, -0.2) is 19.3 Å². The molecule has 0 radical (unpaired) electrons. The minimum Gasteiger partial charge on any atom is -0.474 e. The maximum atomic E-state index is 12.7. The van der Waals surface area contributed by atoms with Crippen LogP contribution in [0.15, 0.2) is 36.8 Å². The molecule has 3 fully saturated rings. The molecule has 0 unspecified atom stereocenters. The van der Waals surface area contributed by atoms with Crippen LogP contribution in [0.3, 0.4) is 0 Å². The van der Waals surface area contributed by atoms with Crippen LogP contribution >= 0.6 is 0 Å². The highest BCUT2D eigenvalue weighted by molar-refractivity contribution is 5.86. The number of anilines is 1. The molecule has 2 saturated heterocycles. The number of hydrogen-bond acceptors (Lipinski definition) is 9. The van der Waals surface area contributed by atoms with Crippen LogP contribution in [0.1, 0.15) is 19.3 Å². The molecular weight excluding hydrogens is 492 g/mol. The number of carbonyl (C=O) groups is 3. The number of piperazine rings is 1. The average Bonchev–Trinajstić information content (AvgIpc) is 3.53. The molecule has 5 heterocycles. The molecule has 2 aliphatic heterocycles. The van der Waals surface area contributed by atoms with E-state index in [-0.39, 0.29) is 31.5 Å². The number of hydrogen-bond donors (Lipinski definition) is 1. The molecule has 3 aliphatic rings. The third-order valence-electron chi connectivity index (χ3n) is 6.87. The summed E-state index contributed by atoms with van der Waals surface area (Å²) in [6.07, 6.45) is 6.67. The van der Waals surface area contributed by atoms with Gasteiger partial charge in [0.25, 0.3) is 0 Å². The van der Waals surface area contributed by atoms with Gasteiger partial charge in [0.15, 0.2) is 5.65 Å². The fraction of sp³-hybridized carbons (Fsp3) is 0.440. The van der Waals surface area contributed by atoms with Crippen LogP contribution in [0, 0.1) is 0 Å². The van der Waals surface area contributed by atoms with Gasteiger partial charge in [-0.1, -0.05) is 0 Å². The van der Waals surface area contributed by atoms with E-state index in [1.54, 1.807) is 21.8 Å². The maximum Gasteiger partial charge on any atom is 0.410 e. The highest BCUT2D eigenvalue weighted by atomic mass is 16.6. The van der Waals surface area contributed by atoms with E-state index in [1.165, 1.54) is 4.90 Å². The Labute approximate surface area is 218 Å². The van der Waals surface area contributed by atoms with Crippen molar-refractivity contribution < 1.29 is 23.9 Å². The first-order valence-corrected chi connectivity index (χ1v) is 12.7. The topological polar surface area (TPSA) is 148 Å². The van der Waals surface area contributed by atoms with Gasteiger partial charge < -0.3 is 29.9 Å². The highest BCUT2D eigenvalue weighted by Crippen LogP contribution is 2.35. The van der Waals surface area contributed by atoms with Gasteiger partial charge in [-0.2, -0.15) is 5.10 Å². The van der Waals surface area contributed by atoms with Crippen molar-refractivity contribution in [1.82, 2.24) is 29.4 Å². The van der Waals surface area contributed by atoms with Crippen molar-refractivity contribution in [3.63, 3.8) is 0 Å². The molecule has 0 aromatic carbocycles. The lowest BCUT2D eigenvalue weighted by Crippen LogP contribution is -2.50. The molecule has 1 atom stereocenters. The average molecular weight is 521 g/mol. The summed E-state index contributed by atoms with van der Waals surface area (Å²) in [6.45, 7) is 2.05. The fourth-order valence-corrected chi connectivity index (χ4v) is 4.75. The SMILES string of the molecule is NC(=O)CN1C[C@H](OC(=O)N2CCN(c3ccn4ncc(-c5cccnc5OC5CC5)c4n3)CC2)CC1=O. The number of carbonyl (C=O) groups excluding carboxylic acids is 3. The molecule has 38 heavy (non-hydrogen) atoms. The summed E-state index contributed by atoms with van der Waals surface area (Å²) in [5.41, 5.74) is 7.57. The molecule has 1 aliphatic carbocycles. The first-order valence-electron chi connectivity index (χ1n) is 12.7. The quantitative estimate of drug-likeness (QED) is 0.475. The normalized spacial score (nSPS) is 19.7. The smallest absolute Gasteiger partial charge is 0.410 e. The van der Waals surface area contributed by atoms with Crippen molar-refractivity contribution in [2.24, 2.45) is 5.73 Å². The van der Waals surface area contributed by atoms with E-state index in [2.05, 4.69) is 15.0 Å². The number of rotatable bonds is 7. The molecular formula is C25H28N8O5. The number of aromatic nitrogens is 4. The van der Waals surface area contributed by atoms with Crippen molar-refractivity contribution in [1.29, 1.82) is 0 Å². The second-order valence-corrected chi connectivity index (χ2v) is 9.71. The molecule has 0 spiro atoms. The van der Waals surface area contributed by atoms with E-state index in [1.807, 2.05) is 24.4 Å². The monoisotopic (exact) mass is 520 g/mol. The Morgan fingerprint density at radius 3 is 2.66 bits per heavy atom. The van der Waals surface area contributed by atoms with E-state index in [0.29, 0.717) is 37.7 Å². The Bertz CT molecular complexity index is 1380. The van der Waals surface area contributed by atoms with Crippen LogP contribution in [-0.2, 0) is 14.3 Å². The van der Waals surface area contributed by atoms with Gasteiger partial charge in [0.05, 0.1) is 31.3 Å². The van der Waals surface area contributed by atoms with Crippen LogP contribution < -0.4 is 15.4 Å². The third-order valence-corrected chi connectivity index (χ3v) is 6.87. The van der Waals surface area contributed by atoms with E-state index in [4.69, 9.17) is 20.2 Å². The maximum absolute atomic E-state index is 12.7. The molecule has 198 valence electrons. The fourth-order valence-electron chi connectivity index (χ4n) is 4.75. The third kappa shape index (κ3) is 4.91. The van der Waals surface area contributed by atoms with Gasteiger partial charge in [-0.15, -0.1) is 0 Å². The Kier molecular flexibility index (Phi) is 6.18. The van der Waals surface area contributed by atoms with E-state index < -0.39 is 18.1 Å². The Hall–Kier alpha value is -4.42. The lowest BCUT2D eigenvalue weighted by molar-refractivity contribution is -0.132. The van der Waals surface area contributed by atoms with Crippen molar-refractivity contribution >= 4 is 29.4 Å². The van der Waals surface area contributed by atoms with E-state index in [0.717, 1.165) is 29.8 Å². The predicted octanol–water partition coefficient (Wildman–Crippen LogP) is 0.677. The number of primary amides is 1. The zero-order chi connectivity index (χ0) is 26.2. The highest BCUT2D eigenvalue weighted by Gasteiger charge is 2.34. The van der Waals surface area contributed by atoms with Crippen molar-refractivity contribution in [2.75, 3.05) is 44.2 Å². The van der Waals surface area contributed by atoms with E-state index in [9.17, 15) is 14.4 Å². The molecule has 1 saturated carbocycles. The van der Waals surface area contributed by atoms with E-state index >= 15 is 0 Å². The van der Waals surface area contributed by atoms with Gasteiger partial charge in [-0.3, -0.25) is 9.59 Å². The number of nitrogens with zero attached hydrogens (tertiary/aromatic N) is 7. The molecule has 6 rings (SSSR count). The Morgan fingerprint density at radius 2 is 1.89 bits per heavy atom. The van der Waals surface area contributed by atoms with Crippen LogP contribution in [-0.4, -0.2) is 98.8 Å². The summed E-state index contributed by atoms with van der Waals surface area (Å²) in [7, 11) is 0. The first kappa shape index (κ1) is 23.9. The second-order valence-electron chi connectivity index (χ2n) is 9.71. The van der Waals surface area contributed by atoms with Crippen molar-refractivity contribution in [3.05, 3.63) is 36.8 Å². The lowest BCUT2D eigenvalue weighted by atomic mass is 10.1. The number of nitrogens with two attached hydrogens (primary N) is 1. The molecule has 13 heteroatoms. The van der Waals surface area contributed by atoms with Crippen LogP contribution in [0.2, 0.25) is 0 Å². The Balaban J connectivity index is 1.11. The second kappa shape index (κ2) is 9.80.